The first kappa shape index (κ1) is 17.5. The molecule has 2 amide bonds. The molecule has 2 aliphatic rings. The highest BCUT2D eigenvalue weighted by Gasteiger charge is 2.30. The topological polar surface area (TPSA) is 83.0 Å². The van der Waals surface area contributed by atoms with Gasteiger partial charge in [-0.3, -0.25) is 14.9 Å². The Labute approximate surface area is 151 Å². The van der Waals surface area contributed by atoms with Gasteiger partial charge in [0.2, 0.25) is 17.8 Å². The van der Waals surface area contributed by atoms with Crippen LogP contribution in [-0.4, -0.2) is 48.9 Å². The molecule has 1 aromatic rings. The molecule has 8 heteroatoms. The van der Waals surface area contributed by atoms with Crippen LogP contribution >= 0.6 is 11.6 Å². The second-order valence-corrected chi connectivity index (χ2v) is 6.54. The summed E-state index contributed by atoms with van der Waals surface area (Å²) in [5.41, 5.74) is 0.459. The van der Waals surface area contributed by atoms with Crippen molar-refractivity contribution in [2.24, 2.45) is 4.99 Å². The maximum atomic E-state index is 12.6. The van der Waals surface area contributed by atoms with Crippen LogP contribution in [0, 0.1) is 0 Å². The average molecular weight is 365 g/mol. The Bertz CT molecular complexity index is 701. The lowest BCUT2D eigenvalue weighted by Crippen LogP contribution is -2.51. The van der Waals surface area contributed by atoms with Gasteiger partial charge in [-0.2, -0.15) is 0 Å². The highest BCUT2D eigenvalue weighted by Crippen LogP contribution is 2.28. The molecular formula is C17H21ClN4O3. The van der Waals surface area contributed by atoms with Crippen molar-refractivity contribution in [1.82, 2.24) is 10.2 Å². The number of amides is 2. The summed E-state index contributed by atoms with van der Waals surface area (Å²) >= 11 is 5.99. The fourth-order valence-corrected chi connectivity index (χ4v) is 3.16. The van der Waals surface area contributed by atoms with Gasteiger partial charge in [0.15, 0.2) is 0 Å². The van der Waals surface area contributed by atoms with Gasteiger partial charge in [0.05, 0.1) is 19.2 Å². The molecule has 2 heterocycles. The largest absolute Gasteiger partial charge is 0.495 e. The number of likely N-dealkylation sites (tertiary alicyclic amines) is 1. The van der Waals surface area contributed by atoms with Crippen molar-refractivity contribution in [3.63, 3.8) is 0 Å². The van der Waals surface area contributed by atoms with Crippen molar-refractivity contribution in [3.8, 4) is 5.75 Å². The zero-order chi connectivity index (χ0) is 17.8. The van der Waals surface area contributed by atoms with Crippen LogP contribution in [0.2, 0.25) is 5.02 Å². The quantitative estimate of drug-likeness (QED) is 0.859. The molecule has 0 radical (unpaired) electrons. The third kappa shape index (κ3) is 4.22. The van der Waals surface area contributed by atoms with Gasteiger partial charge in [-0.15, -0.1) is 0 Å². The number of nitrogens with one attached hydrogen (secondary N) is 2. The number of hydrogen-bond donors (Lipinski definition) is 2. The van der Waals surface area contributed by atoms with Gasteiger partial charge < -0.3 is 15.0 Å². The minimum atomic E-state index is -0.769. The lowest BCUT2D eigenvalue weighted by atomic mass is 10.1. The van der Waals surface area contributed by atoms with Crippen LogP contribution in [0.1, 0.15) is 25.7 Å². The van der Waals surface area contributed by atoms with E-state index < -0.39 is 6.04 Å². The van der Waals surface area contributed by atoms with Crippen LogP contribution < -0.4 is 15.4 Å². The van der Waals surface area contributed by atoms with Gasteiger partial charge in [-0.25, -0.2) is 4.99 Å². The summed E-state index contributed by atoms with van der Waals surface area (Å²) in [6, 6.07) is 4.19. The van der Waals surface area contributed by atoms with Crippen LogP contribution in [0.25, 0.3) is 0 Å². The lowest BCUT2D eigenvalue weighted by Gasteiger charge is -2.32. The molecule has 1 aromatic carbocycles. The van der Waals surface area contributed by atoms with E-state index in [1.54, 1.807) is 18.2 Å². The minimum Gasteiger partial charge on any atom is -0.495 e. The molecule has 7 nitrogen and oxygen atoms in total. The number of hydrogen-bond acceptors (Lipinski definition) is 5. The number of piperidine rings is 1. The zero-order valence-corrected chi connectivity index (χ0v) is 14.8. The summed E-state index contributed by atoms with van der Waals surface area (Å²) in [6.45, 7) is 1.69. The van der Waals surface area contributed by atoms with Crippen LogP contribution in [-0.2, 0) is 9.59 Å². The van der Waals surface area contributed by atoms with Gasteiger partial charge in [-0.1, -0.05) is 11.6 Å². The Hall–Kier alpha value is -2.28. The smallest absolute Gasteiger partial charge is 0.249 e. The van der Waals surface area contributed by atoms with Gasteiger partial charge >= 0.3 is 0 Å². The Morgan fingerprint density at radius 1 is 1.36 bits per heavy atom. The van der Waals surface area contributed by atoms with E-state index >= 15 is 0 Å². The standard InChI is InChI=1S/C17H21ClN4O3/c1-25-14-6-5-11(18)9-12(14)19-16(24)13-10-15(23)21-17(20-13)22-7-3-2-4-8-22/h5-6,9,13H,2-4,7-8,10H2,1H3,(H,19,24)(H,20,21,23). The van der Waals surface area contributed by atoms with Crippen molar-refractivity contribution >= 4 is 35.1 Å². The second kappa shape index (κ2) is 7.74. The molecule has 1 fully saturated rings. The van der Waals surface area contributed by atoms with Crippen LogP contribution in [0.5, 0.6) is 5.75 Å². The molecule has 134 valence electrons. The van der Waals surface area contributed by atoms with E-state index in [2.05, 4.69) is 15.6 Å². The number of methoxy groups -OCH3 is 1. The predicted octanol–water partition coefficient (Wildman–Crippen LogP) is 2.02. The Morgan fingerprint density at radius 2 is 2.12 bits per heavy atom. The molecule has 2 aliphatic heterocycles. The summed E-state index contributed by atoms with van der Waals surface area (Å²) in [6.07, 6.45) is 3.32. The molecule has 1 unspecified atom stereocenters. The molecule has 1 atom stereocenters. The fraction of sp³-hybridized carbons (Fsp3) is 0.471. The fourth-order valence-electron chi connectivity index (χ4n) is 2.99. The summed E-state index contributed by atoms with van der Waals surface area (Å²) in [7, 11) is 1.51. The van der Waals surface area contributed by atoms with Crippen molar-refractivity contribution in [2.75, 3.05) is 25.5 Å². The number of carbonyl (C=O) groups is 2. The number of rotatable bonds is 3. The molecule has 2 N–H and O–H groups in total. The first-order valence-corrected chi connectivity index (χ1v) is 8.71. The van der Waals surface area contributed by atoms with Gasteiger partial charge in [0.1, 0.15) is 11.8 Å². The molecule has 0 bridgehead atoms. The number of guanidine groups is 1. The maximum absolute atomic E-state index is 12.6. The number of nitrogens with zero attached hydrogens (tertiary/aromatic N) is 2. The number of carbonyl (C=O) groups excluding carboxylic acids is 2. The highest BCUT2D eigenvalue weighted by molar-refractivity contribution is 6.31. The summed E-state index contributed by atoms with van der Waals surface area (Å²) in [4.78, 5) is 31.1. The van der Waals surface area contributed by atoms with Crippen molar-refractivity contribution in [2.45, 2.75) is 31.7 Å². The van der Waals surface area contributed by atoms with E-state index in [1.165, 1.54) is 13.5 Å². The Morgan fingerprint density at radius 3 is 2.84 bits per heavy atom. The summed E-state index contributed by atoms with van der Waals surface area (Å²) in [5.74, 6) is 0.436. The molecule has 1 saturated heterocycles. The van der Waals surface area contributed by atoms with Crippen LogP contribution in [0.4, 0.5) is 5.69 Å². The van der Waals surface area contributed by atoms with Gasteiger partial charge in [-0.05, 0) is 37.5 Å². The molecule has 25 heavy (non-hydrogen) atoms. The SMILES string of the molecule is COc1ccc(Cl)cc1NC(=O)C1CC(=O)NC(N2CCCCC2)=N1. The van der Waals surface area contributed by atoms with Crippen molar-refractivity contribution in [3.05, 3.63) is 23.2 Å². The van der Waals surface area contributed by atoms with E-state index in [-0.39, 0.29) is 18.2 Å². The number of benzene rings is 1. The summed E-state index contributed by atoms with van der Waals surface area (Å²) in [5, 5.41) is 6.02. The molecule has 0 aromatic heterocycles. The normalized spacial score (nSPS) is 20.6. The molecule has 0 aliphatic carbocycles. The molecule has 0 saturated carbocycles. The van der Waals surface area contributed by atoms with E-state index in [1.807, 2.05) is 4.90 Å². The number of halogens is 1. The molecule has 3 rings (SSSR count). The van der Waals surface area contributed by atoms with Crippen molar-refractivity contribution < 1.29 is 14.3 Å². The first-order valence-electron chi connectivity index (χ1n) is 8.34. The van der Waals surface area contributed by atoms with Crippen LogP contribution in [0.15, 0.2) is 23.2 Å². The summed E-state index contributed by atoms with van der Waals surface area (Å²) < 4.78 is 5.23. The number of ether oxygens (including phenoxy) is 1. The first-order chi connectivity index (χ1) is 12.1. The van der Waals surface area contributed by atoms with E-state index in [0.29, 0.717) is 22.4 Å². The second-order valence-electron chi connectivity index (χ2n) is 6.10. The van der Waals surface area contributed by atoms with E-state index in [4.69, 9.17) is 16.3 Å². The molecule has 0 spiro atoms. The molecular weight excluding hydrogens is 344 g/mol. The van der Waals surface area contributed by atoms with Gasteiger partial charge in [0, 0.05) is 18.1 Å². The minimum absolute atomic E-state index is 0.0199. The number of anilines is 1. The van der Waals surface area contributed by atoms with E-state index in [9.17, 15) is 9.59 Å². The zero-order valence-electron chi connectivity index (χ0n) is 14.0. The van der Waals surface area contributed by atoms with Gasteiger partial charge in [0.25, 0.3) is 0 Å². The van der Waals surface area contributed by atoms with Crippen molar-refractivity contribution in [1.29, 1.82) is 0 Å². The van der Waals surface area contributed by atoms with Crippen LogP contribution in [0.3, 0.4) is 0 Å². The third-order valence-electron chi connectivity index (χ3n) is 4.29. The highest BCUT2D eigenvalue weighted by atomic mass is 35.5. The number of aliphatic imine (C=N–C) groups is 1. The maximum Gasteiger partial charge on any atom is 0.249 e. The van der Waals surface area contributed by atoms with E-state index in [0.717, 1.165) is 25.9 Å². The predicted molar refractivity (Wildman–Crippen MR) is 96.0 cm³/mol. The third-order valence-corrected chi connectivity index (χ3v) is 4.52. The Kier molecular flexibility index (Phi) is 5.43. The average Bonchev–Trinajstić information content (AvgIpc) is 2.62. The lowest BCUT2D eigenvalue weighted by molar-refractivity contribution is -0.125. The monoisotopic (exact) mass is 364 g/mol. The Balaban J connectivity index is 1.76.